The van der Waals surface area contributed by atoms with Gasteiger partial charge in [0.15, 0.2) is 6.61 Å². The third kappa shape index (κ3) is 4.66. The molecule has 0 unspecified atom stereocenters. The third-order valence-electron chi connectivity index (χ3n) is 6.02. The molecule has 1 aliphatic carbocycles. The number of halogens is 3. The number of hydrogen-bond acceptors (Lipinski definition) is 5. The number of alkyl halides is 3. The first-order valence-electron chi connectivity index (χ1n) is 10.8. The van der Waals surface area contributed by atoms with Crippen LogP contribution in [0.4, 0.5) is 24.5 Å². The van der Waals surface area contributed by atoms with Gasteiger partial charge >= 0.3 is 12.1 Å². The normalized spacial score (nSPS) is 20.1. The molecule has 3 amide bonds. The molecule has 2 atom stereocenters. The number of esters is 1. The molecule has 2 fully saturated rings. The van der Waals surface area contributed by atoms with Crippen molar-refractivity contribution in [2.24, 2.45) is 11.8 Å². The number of nitrogens with zero attached hydrogens (tertiary/aromatic N) is 1. The number of anilines is 2. The monoisotopic (exact) mass is 474 g/mol. The van der Waals surface area contributed by atoms with Gasteiger partial charge in [0.2, 0.25) is 11.8 Å². The maximum Gasteiger partial charge on any atom is 0.418 e. The Hall–Kier alpha value is -3.69. The van der Waals surface area contributed by atoms with Crippen molar-refractivity contribution >= 4 is 35.1 Å². The summed E-state index contributed by atoms with van der Waals surface area (Å²) >= 11 is 0. The molecule has 0 bridgehead atoms. The van der Waals surface area contributed by atoms with Crippen LogP contribution in [0.5, 0.6) is 0 Å². The summed E-state index contributed by atoms with van der Waals surface area (Å²) in [6.07, 6.45) is -1.59. The van der Waals surface area contributed by atoms with E-state index in [4.69, 9.17) is 4.74 Å². The number of rotatable bonds is 5. The molecule has 34 heavy (non-hydrogen) atoms. The van der Waals surface area contributed by atoms with Crippen LogP contribution < -0.4 is 10.2 Å². The first-order valence-corrected chi connectivity index (χ1v) is 10.8. The highest BCUT2D eigenvalue weighted by Crippen LogP contribution is 2.40. The number of carbonyl (C=O) groups is 4. The van der Waals surface area contributed by atoms with Crippen molar-refractivity contribution in [2.75, 3.05) is 16.8 Å². The summed E-state index contributed by atoms with van der Waals surface area (Å²) < 4.78 is 44.1. The Morgan fingerprint density at radius 2 is 1.62 bits per heavy atom. The van der Waals surface area contributed by atoms with Gasteiger partial charge in [-0.15, -0.1) is 0 Å². The van der Waals surface area contributed by atoms with E-state index in [-0.39, 0.29) is 34.9 Å². The summed E-state index contributed by atoms with van der Waals surface area (Å²) in [6, 6.07) is 10.2. The summed E-state index contributed by atoms with van der Waals surface area (Å²) in [5.74, 6) is -3.14. The standard InChI is InChI=1S/C24H21F3N2O5/c25-24(26,27)18-10-3-4-11-19(18)28-20(30)13-34-23(33)14-6-5-7-15(12-14)29-21(31)16-8-1-2-9-17(16)22(29)32/h3-7,10-12,16-17H,1-2,8-9,13H2,(H,28,30)/t16-,17+. The average Bonchev–Trinajstić information content (AvgIpc) is 3.07. The fourth-order valence-corrected chi connectivity index (χ4v) is 4.43. The molecule has 0 radical (unpaired) electrons. The number of amides is 3. The topological polar surface area (TPSA) is 92.8 Å². The van der Waals surface area contributed by atoms with E-state index < -0.39 is 35.9 Å². The van der Waals surface area contributed by atoms with Gasteiger partial charge in [-0.3, -0.25) is 19.3 Å². The highest BCUT2D eigenvalue weighted by Gasteiger charge is 2.48. The molecule has 1 aliphatic heterocycles. The zero-order valence-electron chi connectivity index (χ0n) is 17.9. The van der Waals surface area contributed by atoms with Crippen LogP contribution in [0, 0.1) is 11.8 Å². The van der Waals surface area contributed by atoms with Crippen molar-refractivity contribution in [1.82, 2.24) is 0 Å². The van der Waals surface area contributed by atoms with Crippen LogP contribution >= 0.6 is 0 Å². The summed E-state index contributed by atoms with van der Waals surface area (Å²) in [4.78, 5) is 51.2. The van der Waals surface area contributed by atoms with Crippen LogP contribution in [0.1, 0.15) is 41.6 Å². The first-order chi connectivity index (χ1) is 16.2. The van der Waals surface area contributed by atoms with E-state index >= 15 is 0 Å². The first kappa shape index (κ1) is 23.5. The van der Waals surface area contributed by atoms with Crippen molar-refractivity contribution in [3.05, 3.63) is 59.7 Å². The van der Waals surface area contributed by atoms with Gasteiger partial charge < -0.3 is 10.1 Å². The van der Waals surface area contributed by atoms with Crippen LogP contribution in [0.15, 0.2) is 48.5 Å². The van der Waals surface area contributed by atoms with E-state index in [1.165, 1.54) is 36.4 Å². The highest BCUT2D eigenvalue weighted by molar-refractivity contribution is 6.22. The van der Waals surface area contributed by atoms with Gasteiger partial charge in [0.1, 0.15) is 0 Å². The lowest BCUT2D eigenvalue weighted by Gasteiger charge is -2.19. The van der Waals surface area contributed by atoms with Crippen molar-refractivity contribution < 1.29 is 37.1 Å². The van der Waals surface area contributed by atoms with E-state index in [1.807, 2.05) is 0 Å². The molecule has 178 valence electrons. The SMILES string of the molecule is O=C(COC(=O)c1cccc(N2C(=O)[C@H]3CCCC[C@H]3C2=O)c1)Nc1ccccc1C(F)(F)F. The zero-order chi connectivity index (χ0) is 24.5. The van der Waals surface area contributed by atoms with Gasteiger partial charge in [0, 0.05) is 0 Å². The number of benzene rings is 2. The fourth-order valence-electron chi connectivity index (χ4n) is 4.43. The molecule has 2 aliphatic rings. The lowest BCUT2D eigenvalue weighted by molar-refractivity contribution is -0.137. The van der Waals surface area contributed by atoms with E-state index in [0.29, 0.717) is 12.8 Å². The Kier molecular flexibility index (Phi) is 6.41. The van der Waals surface area contributed by atoms with Crippen molar-refractivity contribution in [1.29, 1.82) is 0 Å². The molecule has 1 saturated carbocycles. The quantitative estimate of drug-likeness (QED) is 0.519. The number of fused-ring (bicyclic) bond motifs is 1. The summed E-state index contributed by atoms with van der Waals surface area (Å²) in [5.41, 5.74) is -1.24. The third-order valence-corrected chi connectivity index (χ3v) is 6.02. The molecule has 4 rings (SSSR count). The predicted octanol–water partition coefficient (Wildman–Crippen LogP) is 4.18. The maximum absolute atomic E-state index is 13.1. The molecule has 1 N–H and O–H groups in total. The van der Waals surface area contributed by atoms with E-state index in [1.54, 1.807) is 0 Å². The Morgan fingerprint density at radius 3 is 2.26 bits per heavy atom. The minimum atomic E-state index is -4.66. The van der Waals surface area contributed by atoms with Crippen LogP contribution in [0.2, 0.25) is 0 Å². The largest absolute Gasteiger partial charge is 0.452 e. The number of hydrogen-bond donors (Lipinski definition) is 1. The number of carbonyl (C=O) groups excluding carboxylic acids is 4. The second-order valence-corrected chi connectivity index (χ2v) is 8.23. The molecule has 2 aromatic carbocycles. The second-order valence-electron chi connectivity index (χ2n) is 8.23. The molecule has 1 saturated heterocycles. The Balaban J connectivity index is 1.41. The molecule has 7 nitrogen and oxygen atoms in total. The predicted molar refractivity (Wildman–Crippen MR) is 115 cm³/mol. The summed E-state index contributed by atoms with van der Waals surface area (Å²) in [7, 11) is 0. The summed E-state index contributed by atoms with van der Waals surface area (Å²) in [5, 5.41) is 2.09. The molecule has 10 heteroatoms. The minimum absolute atomic E-state index is 0.00327. The van der Waals surface area contributed by atoms with Crippen molar-refractivity contribution in [3.8, 4) is 0 Å². The van der Waals surface area contributed by atoms with Gasteiger partial charge in [-0.1, -0.05) is 31.0 Å². The Morgan fingerprint density at radius 1 is 0.971 bits per heavy atom. The van der Waals surface area contributed by atoms with E-state index in [0.717, 1.165) is 29.9 Å². The van der Waals surface area contributed by atoms with Crippen molar-refractivity contribution in [2.45, 2.75) is 31.9 Å². The van der Waals surface area contributed by atoms with Gasteiger partial charge in [-0.2, -0.15) is 13.2 Å². The number of para-hydroxylation sites is 1. The Labute approximate surface area is 192 Å². The number of ether oxygens (including phenoxy) is 1. The van der Waals surface area contributed by atoms with E-state index in [2.05, 4.69) is 5.32 Å². The molecule has 0 aromatic heterocycles. The fraction of sp³-hybridized carbons (Fsp3) is 0.333. The molecule has 2 aromatic rings. The molecule has 1 heterocycles. The number of imide groups is 1. The van der Waals surface area contributed by atoms with Crippen LogP contribution in [0.25, 0.3) is 0 Å². The van der Waals surface area contributed by atoms with Gasteiger partial charge in [-0.25, -0.2) is 4.79 Å². The minimum Gasteiger partial charge on any atom is -0.452 e. The number of nitrogens with one attached hydrogen (secondary N) is 1. The molecule has 0 spiro atoms. The van der Waals surface area contributed by atoms with E-state index in [9.17, 15) is 32.3 Å². The maximum atomic E-state index is 13.1. The lowest BCUT2D eigenvalue weighted by Crippen LogP contribution is -2.31. The average molecular weight is 474 g/mol. The Bertz CT molecular complexity index is 1120. The van der Waals surface area contributed by atoms with Crippen LogP contribution in [-0.2, 0) is 25.3 Å². The van der Waals surface area contributed by atoms with Gasteiger partial charge in [-0.05, 0) is 43.2 Å². The van der Waals surface area contributed by atoms with Crippen molar-refractivity contribution in [3.63, 3.8) is 0 Å². The van der Waals surface area contributed by atoms with Crippen LogP contribution in [-0.4, -0.2) is 30.3 Å². The molecular formula is C24H21F3N2O5. The summed E-state index contributed by atoms with van der Waals surface area (Å²) in [6.45, 7) is -0.818. The van der Waals surface area contributed by atoms with Gasteiger partial charge in [0.25, 0.3) is 5.91 Å². The van der Waals surface area contributed by atoms with Gasteiger partial charge in [0.05, 0.1) is 34.3 Å². The smallest absolute Gasteiger partial charge is 0.418 e. The lowest BCUT2D eigenvalue weighted by atomic mass is 9.81. The van der Waals surface area contributed by atoms with Crippen LogP contribution in [0.3, 0.4) is 0 Å². The second kappa shape index (κ2) is 9.28. The highest BCUT2D eigenvalue weighted by atomic mass is 19.4. The molecular weight excluding hydrogens is 453 g/mol. The zero-order valence-corrected chi connectivity index (χ0v) is 17.9.